The van der Waals surface area contributed by atoms with E-state index in [4.69, 9.17) is 5.73 Å². The third kappa shape index (κ3) is 5.65. The number of hydrogen-bond acceptors (Lipinski definition) is 4. The molecule has 7 nitrogen and oxygen atoms in total. The summed E-state index contributed by atoms with van der Waals surface area (Å²) in [6.45, 7) is 8.61. The Hall–Kier alpha value is -2.48. The summed E-state index contributed by atoms with van der Waals surface area (Å²) in [5.74, 6) is 0.0987. The number of rotatable bonds is 9. The lowest BCUT2D eigenvalue weighted by atomic mass is 9.82. The van der Waals surface area contributed by atoms with Crippen molar-refractivity contribution < 1.29 is 9.59 Å². The van der Waals surface area contributed by atoms with Gasteiger partial charge in [-0.15, -0.1) is 16.8 Å². The summed E-state index contributed by atoms with van der Waals surface area (Å²) in [6, 6.07) is 7.70. The van der Waals surface area contributed by atoms with Crippen LogP contribution in [0.15, 0.2) is 41.4 Å². The molecule has 1 aromatic carbocycles. The summed E-state index contributed by atoms with van der Waals surface area (Å²) in [5.41, 5.74) is 6.63. The van der Waals surface area contributed by atoms with E-state index in [1.54, 1.807) is 6.08 Å². The molecule has 2 aromatic rings. The number of primary amides is 1. The molecular weight excluding hydrogens is 470 g/mol. The van der Waals surface area contributed by atoms with Gasteiger partial charge in [0.15, 0.2) is 11.6 Å². The molecule has 0 aliphatic carbocycles. The summed E-state index contributed by atoms with van der Waals surface area (Å²) in [4.78, 5) is 25.5. The predicted octanol–water partition coefficient (Wildman–Crippen LogP) is 4.39. The van der Waals surface area contributed by atoms with Gasteiger partial charge >= 0.3 is 0 Å². The molecule has 0 bridgehead atoms. The van der Waals surface area contributed by atoms with Gasteiger partial charge in [0.1, 0.15) is 0 Å². The molecule has 0 saturated heterocycles. The number of nitrogens with one attached hydrogen (secondary N) is 1. The van der Waals surface area contributed by atoms with Crippen LogP contribution in [-0.2, 0) is 16.1 Å². The van der Waals surface area contributed by atoms with Crippen LogP contribution in [0.25, 0.3) is 11.4 Å². The number of carbonyl (C=O) groups is 2. The number of hydrogen-bond donors (Lipinski definition) is 2. The lowest BCUT2D eigenvalue weighted by Gasteiger charge is -2.27. The van der Waals surface area contributed by atoms with E-state index >= 15 is 0 Å². The van der Waals surface area contributed by atoms with Crippen LogP contribution in [0, 0.1) is 17.8 Å². The number of amides is 2. The first-order chi connectivity index (χ1) is 15.3. The Kier molecular flexibility index (Phi) is 8.23. The first kappa shape index (κ1) is 24.2. The summed E-state index contributed by atoms with van der Waals surface area (Å²) in [6.07, 6.45) is 5.34. The minimum atomic E-state index is -0.573. The SMILES string of the molecule is C=CCC(C(N)=O)C(CC(C)C)C(=O)NC1CCCCn2c(-c3cccc(Br)c3)nnc21. The monoisotopic (exact) mass is 501 g/mol. The minimum absolute atomic E-state index is 0.158. The maximum atomic E-state index is 13.4. The standard InChI is InChI=1S/C24H32BrN5O2/c1-4-8-18(21(26)31)19(13-15(2)3)24(32)27-20-11-5-6-12-30-22(28-29-23(20)30)16-9-7-10-17(25)14-16/h4,7,9-10,14-15,18-20H,1,5-6,8,11-13H2,2-3H3,(H2,26,31)(H,27,32). The van der Waals surface area contributed by atoms with E-state index in [2.05, 4.69) is 42.6 Å². The maximum absolute atomic E-state index is 13.4. The summed E-state index contributed by atoms with van der Waals surface area (Å²) in [5, 5.41) is 12.1. The summed E-state index contributed by atoms with van der Waals surface area (Å²) in [7, 11) is 0. The normalized spacial score (nSPS) is 17.8. The number of nitrogens with zero attached hydrogens (tertiary/aromatic N) is 3. The third-order valence-corrected chi connectivity index (χ3v) is 6.44. The van der Waals surface area contributed by atoms with Gasteiger partial charge in [-0.3, -0.25) is 9.59 Å². The number of benzene rings is 1. The number of nitrogens with two attached hydrogens (primary N) is 1. The summed E-state index contributed by atoms with van der Waals surface area (Å²) < 4.78 is 3.08. The van der Waals surface area contributed by atoms with Crippen molar-refractivity contribution >= 4 is 27.7 Å². The molecule has 1 aliphatic heterocycles. The Morgan fingerprint density at radius 2 is 2.09 bits per heavy atom. The molecule has 1 aliphatic rings. The van der Waals surface area contributed by atoms with Crippen molar-refractivity contribution in [3.8, 4) is 11.4 Å². The number of aromatic nitrogens is 3. The quantitative estimate of drug-likeness (QED) is 0.497. The molecule has 0 radical (unpaired) electrons. The van der Waals surface area contributed by atoms with Crippen LogP contribution in [0.4, 0.5) is 0 Å². The van der Waals surface area contributed by atoms with Gasteiger partial charge < -0.3 is 15.6 Å². The lowest BCUT2D eigenvalue weighted by molar-refractivity contribution is -0.134. The molecule has 0 fully saturated rings. The van der Waals surface area contributed by atoms with Crippen LogP contribution in [-0.4, -0.2) is 26.6 Å². The molecular formula is C24H32BrN5O2. The molecule has 2 amide bonds. The Balaban J connectivity index is 1.89. The van der Waals surface area contributed by atoms with Gasteiger partial charge in [0.2, 0.25) is 11.8 Å². The first-order valence-corrected chi connectivity index (χ1v) is 12.0. The van der Waals surface area contributed by atoms with Crippen LogP contribution in [0.3, 0.4) is 0 Å². The van der Waals surface area contributed by atoms with Crippen LogP contribution in [0.2, 0.25) is 0 Å². The topological polar surface area (TPSA) is 103 Å². The van der Waals surface area contributed by atoms with Crippen molar-refractivity contribution in [3.05, 3.63) is 47.2 Å². The average molecular weight is 502 g/mol. The second kappa shape index (κ2) is 10.9. The van der Waals surface area contributed by atoms with Gasteiger partial charge in [-0.25, -0.2) is 0 Å². The molecule has 8 heteroatoms. The highest BCUT2D eigenvalue weighted by atomic mass is 79.9. The molecule has 172 valence electrons. The van der Waals surface area contributed by atoms with Crippen molar-refractivity contribution in [2.75, 3.05) is 0 Å². The van der Waals surface area contributed by atoms with E-state index in [0.29, 0.717) is 12.8 Å². The Labute approximate surface area is 198 Å². The van der Waals surface area contributed by atoms with Gasteiger partial charge in [-0.2, -0.15) is 0 Å². The van der Waals surface area contributed by atoms with E-state index < -0.39 is 17.7 Å². The first-order valence-electron chi connectivity index (χ1n) is 11.2. The highest BCUT2D eigenvalue weighted by molar-refractivity contribution is 9.10. The van der Waals surface area contributed by atoms with E-state index in [0.717, 1.165) is 47.5 Å². The van der Waals surface area contributed by atoms with Crippen molar-refractivity contribution in [3.63, 3.8) is 0 Å². The van der Waals surface area contributed by atoms with Crippen molar-refractivity contribution in [1.29, 1.82) is 0 Å². The Bertz CT molecular complexity index is 971. The minimum Gasteiger partial charge on any atom is -0.369 e. The molecule has 3 N–H and O–H groups in total. The third-order valence-electron chi connectivity index (χ3n) is 5.95. The average Bonchev–Trinajstić information content (AvgIpc) is 3.06. The van der Waals surface area contributed by atoms with Crippen molar-refractivity contribution in [1.82, 2.24) is 20.1 Å². The number of carbonyl (C=O) groups excluding carboxylic acids is 2. The second-order valence-corrected chi connectivity index (χ2v) is 9.79. The number of allylic oxidation sites excluding steroid dienone is 1. The van der Waals surface area contributed by atoms with E-state index in [1.807, 2.05) is 38.1 Å². The molecule has 3 rings (SSSR count). The molecule has 2 heterocycles. The molecule has 3 atom stereocenters. The van der Waals surface area contributed by atoms with Crippen LogP contribution in [0.5, 0.6) is 0 Å². The predicted molar refractivity (Wildman–Crippen MR) is 128 cm³/mol. The second-order valence-electron chi connectivity index (χ2n) is 8.87. The van der Waals surface area contributed by atoms with Crippen LogP contribution < -0.4 is 11.1 Å². The van der Waals surface area contributed by atoms with Gasteiger partial charge in [-0.1, -0.05) is 48.0 Å². The van der Waals surface area contributed by atoms with Crippen LogP contribution in [0.1, 0.15) is 57.8 Å². The zero-order valence-corrected chi connectivity index (χ0v) is 20.3. The molecule has 1 aromatic heterocycles. The number of fused-ring (bicyclic) bond motifs is 1. The highest BCUT2D eigenvalue weighted by Gasteiger charge is 2.34. The summed E-state index contributed by atoms with van der Waals surface area (Å²) >= 11 is 3.52. The molecule has 3 unspecified atom stereocenters. The van der Waals surface area contributed by atoms with Gasteiger partial charge in [-0.05, 0) is 50.2 Å². The number of halogens is 1. The fourth-order valence-electron chi connectivity index (χ4n) is 4.42. The van der Waals surface area contributed by atoms with E-state index in [9.17, 15) is 9.59 Å². The molecule has 0 saturated carbocycles. The lowest BCUT2D eigenvalue weighted by Crippen LogP contribution is -2.42. The van der Waals surface area contributed by atoms with Gasteiger partial charge in [0, 0.05) is 16.6 Å². The fraction of sp³-hybridized carbons (Fsp3) is 0.500. The zero-order valence-electron chi connectivity index (χ0n) is 18.8. The molecule has 32 heavy (non-hydrogen) atoms. The highest BCUT2D eigenvalue weighted by Crippen LogP contribution is 2.31. The maximum Gasteiger partial charge on any atom is 0.224 e. The van der Waals surface area contributed by atoms with Crippen molar-refractivity contribution in [2.24, 2.45) is 23.5 Å². The smallest absolute Gasteiger partial charge is 0.224 e. The fourth-order valence-corrected chi connectivity index (χ4v) is 4.82. The zero-order chi connectivity index (χ0) is 23.3. The molecule has 0 spiro atoms. The van der Waals surface area contributed by atoms with Crippen LogP contribution >= 0.6 is 15.9 Å². The van der Waals surface area contributed by atoms with Gasteiger partial charge in [0.05, 0.1) is 17.9 Å². The largest absolute Gasteiger partial charge is 0.369 e. The van der Waals surface area contributed by atoms with Gasteiger partial charge in [0.25, 0.3) is 0 Å². The Morgan fingerprint density at radius 1 is 1.31 bits per heavy atom. The van der Waals surface area contributed by atoms with Crippen molar-refractivity contribution in [2.45, 2.75) is 58.5 Å². The Morgan fingerprint density at radius 3 is 2.75 bits per heavy atom. The van der Waals surface area contributed by atoms with E-state index in [1.165, 1.54) is 0 Å². The van der Waals surface area contributed by atoms with E-state index in [-0.39, 0.29) is 17.9 Å².